The number of carbonyl (C=O) groups is 3. The first-order chi connectivity index (χ1) is 23.7. The Labute approximate surface area is 286 Å². The van der Waals surface area contributed by atoms with Crippen LogP contribution in [0.3, 0.4) is 0 Å². The molecule has 3 amide bonds. The second-order valence-electron chi connectivity index (χ2n) is 12.2. The summed E-state index contributed by atoms with van der Waals surface area (Å²) in [5, 5.41) is 20.2. The highest BCUT2D eigenvalue weighted by Crippen LogP contribution is 2.16. The number of nitrogens with zero attached hydrogens (tertiary/aromatic N) is 3. The first-order valence-electron chi connectivity index (χ1n) is 16.3. The third-order valence-corrected chi connectivity index (χ3v) is 7.76. The van der Waals surface area contributed by atoms with Crippen molar-refractivity contribution in [3.63, 3.8) is 0 Å². The molecule has 2 aromatic carbocycles. The van der Waals surface area contributed by atoms with Crippen LogP contribution in [0.1, 0.15) is 48.3 Å². The number of nitrogens with one attached hydrogen (secondary N) is 3. The van der Waals surface area contributed by atoms with Crippen LogP contribution in [0.2, 0.25) is 0 Å². The van der Waals surface area contributed by atoms with Crippen LogP contribution in [0, 0.1) is 12.8 Å². The minimum absolute atomic E-state index is 0.0391. The fourth-order valence-corrected chi connectivity index (χ4v) is 5.15. The van der Waals surface area contributed by atoms with Crippen molar-refractivity contribution < 1.29 is 29.0 Å². The van der Waals surface area contributed by atoms with Crippen molar-refractivity contribution in [2.45, 2.75) is 77.5 Å². The molecule has 0 aliphatic rings. The Morgan fingerprint density at radius 1 is 0.735 bits per heavy atom. The van der Waals surface area contributed by atoms with E-state index < -0.39 is 42.3 Å². The maximum atomic E-state index is 13.7. The van der Waals surface area contributed by atoms with Crippen LogP contribution in [0.4, 0.5) is 9.59 Å². The van der Waals surface area contributed by atoms with Gasteiger partial charge in [0, 0.05) is 30.2 Å². The molecule has 49 heavy (non-hydrogen) atoms. The summed E-state index contributed by atoms with van der Waals surface area (Å²) in [7, 11) is 0. The Hall–Kier alpha value is -5.36. The number of aliphatic hydroxyl groups is 1. The minimum Gasteiger partial charge on any atom is -0.445 e. The van der Waals surface area contributed by atoms with Crippen LogP contribution in [-0.4, -0.2) is 62.4 Å². The molecule has 4 N–H and O–H groups in total. The summed E-state index contributed by atoms with van der Waals surface area (Å²) in [6.45, 7) is 5.33. The average molecular weight is 669 g/mol. The second-order valence-corrected chi connectivity index (χ2v) is 12.2. The number of benzene rings is 2. The van der Waals surface area contributed by atoms with Gasteiger partial charge in [-0.25, -0.2) is 9.59 Å². The van der Waals surface area contributed by atoms with E-state index in [4.69, 9.17) is 9.47 Å². The highest BCUT2D eigenvalue weighted by Gasteiger charge is 2.31. The number of pyridine rings is 1. The number of carbonyl (C=O) groups excluding carboxylic acids is 3. The lowest BCUT2D eigenvalue weighted by Crippen LogP contribution is -2.56. The maximum absolute atomic E-state index is 13.7. The molecule has 0 saturated carbocycles. The van der Waals surface area contributed by atoms with Crippen molar-refractivity contribution in [1.82, 2.24) is 30.9 Å². The Balaban J connectivity index is 1.45. The summed E-state index contributed by atoms with van der Waals surface area (Å²) in [5.74, 6) is -0.783. The third kappa shape index (κ3) is 12.6. The Kier molecular flexibility index (Phi) is 14.0. The van der Waals surface area contributed by atoms with Crippen molar-refractivity contribution in [3.8, 4) is 0 Å². The number of hydrogen-bond acceptors (Lipinski definition) is 9. The third-order valence-electron chi connectivity index (χ3n) is 7.76. The lowest BCUT2D eigenvalue weighted by molar-refractivity contribution is -0.125. The molecule has 0 radical (unpaired) electrons. The number of aliphatic hydroxyl groups excluding tert-OH is 1. The summed E-state index contributed by atoms with van der Waals surface area (Å²) in [6.07, 6.45) is 4.66. The molecule has 0 fully saturated rings. The van der Waals surface area contributed by atoms with Gasteiger partial charge in [-0.1, -0.05) is 80.6 Å². The predicted molar refractivity (Wildman–Crippen MR) is 183 cm³/mol. The highest BCUT2D eigenvalue weighted by atomic mass is 16.6. The van der Waals surface area contributed by atoms with Gasteiger partial charge in [-0.2, -0.15) is 0 Å². The second kappa shape index (κ2) is 18.8. The molecule has 0 saturated heterocycles. The molecule has 0 bridgehead atoms. The van der Waals surface area contributed by atoms with Crippen molar-refractivity contribution >= 4 is 18.1 Å². The molecule has 2 aromatic heterocycles. The largest absolute Gasteiger partial charge is 0.445 e. The summed E-state index contributed by atoms with van der Waals surface area (Å²) in [5.41, 5.74) is 3.79. The van der Waals surface area contributed by atoms with Gasteiger partial charge in [0.25, 0.3) is 0 Å². The maximum Gasteiger partial charge on any atom is 0.408 e. The highest BCUT2D eigenvalue weighted by molar-refractivity contribution is 5.86. The predicted octanol–water partition coefficient (Wildman–Crippen LogP) is 4.45. The first-order valence-corrected chi connectivity index (χ1v) is 16.3. The van der Waals surface area contributed by atoms with Crippen molar-refractivity contribution in [3.05, 3.63) is 126 Å². The average Bonchev–Trinajstić information content (AvgIpc) is 3.10. The summed E-state index contributed by atoms with van der Waals surface area (Å²) < 4.78 is 10.7. The molecular weight excluding hydrogens is 624 g/mol. The van der Waals surface area contributed by atoms with Gasteiger partial charge in [0.2, 0.25) is 5.91 Å². The van der Waals surface area contributed by atoms with Crippen LogP contribution >= 0.6 is 0 Å². The van der Waals surface area contributed by atoms with Crippen LogP contribution in [0.15, 0.2) is 97.6 Å². The van der Waals surface area contributed by atoms with Crippen LogP contribution < -0.4 is 16.0 Å². The zero-order chi connectivity index (χ0) is 35.0. The number of alkyl carbamates (subject to hydrolysis) is 2. The Morgan fingerprint density at radius 3 is 1.98 bits per heavy atom. The van der Waals surface area contributed by atoms with Gasteiger partial charge < -0.3 is 30.5 Å². The minimum atomic E-state index is -1.09. The monoisotopic (exact) mass is 668 g/mol. The molecule has 0 aliphatic carbocycles. The van der Waals surface area contributed by atoms with Crippen LogP contribution in [-0.2, 0) is 40.3 Å². The standard InChI is InChI=1S/C37H44N6O6/c1-25(2)34(43-37(47)49-24-31-22-39-26(3)20-40-31)35(45)42-32(18-28-13-8-5-9-14-28)33(44)19-30(17-27-11-6-4-7-12-27)41-36(46)48-23-29-15-10-16-38-21-29/h4-16,20-22,25,30,32-34,44H,17-19,23-24H2,1-3H3,(H,41,46)(H,42,45)(H,43,47)/t30-,32-,33-,34?/m0/s1. The number of aromatic nitrogens is 3. The molecule has 12 heteroatoms. The van der Waals surface area contributed by atoms with Gasteiger partial charge in [0.1, 0.15) is 19.3 Å². The molecule has 0 aliphatic heterocycles. The van der Waals surface area contributed by atoms with Gasteiger partial charge in [-0.3, -0.25) is 19.7 Å². The SMILES string of the molecule is Cc1cnc(COC(=O)NC(C(=O)N[C@@H](Cc2ccccc2)[C@@H](O)C[C@H](Cc2ccccc2)NC(=O)OCc2cccnc2)C(C)C)cn1. The van der Waals surface area contributed by atoms with Gasteiger partial charge in [-0.05, 0) is 49.3 Å². The topological polar surface area (TPSA) is 165 Å². The van der Waals surface area contributed by atoms with E-state index in [9.17, 15) is 19.5 Å². The summed E-state index contributed by atoms with van der Waals surface area (Å²) in [4.78, 5) is 51.7. The lowest BCUT2D eigenvalue weighted by atomic mass is 9.93. The van der Waals surface area contributed by atoms with Gasteiger partial charge >= 0.3 is 12.2 Å². The van der Waals surface area contributed by atoms with E-state index in [0.29, 0.717) is 18.5 Å². The Bertz CT molecular complexity index is 1590. The number of ether oxygens (including phenoxy) is 2. The Morgan fingerprint density at radius 2 is 1.37 bits per heavy atom. The summed E-state index contributed by atoms with van der Waals surface area (Å²) >= 11 is 0. The molecule has 258 valence electrons. The molecule has 4 aromatic rings. The molecule has 4 rings (SSSR count). The molecule has 2 heterocycles. The lowest BCUT2D eigenvalue weighted by Gasteiger charge is -2.30. The van der Waals surface area contributed by atoms with Crippen LogP contribution in [0.25, 0.3) is 0 Å². The van der Waals surface area contributed by atoms with E-state index in [0.717, 1.165) is 22.4 Å². The van der Waals surface area contributed by atoms with E-state index >= 15 is 0 Å². The van der Waals surface area contributed by atoms with E-state index in [1.165, 1.54) is 6.20 Å². The first kappa shape index (κ1) is 36.5. The van der Waals surface area contributed by atoms with E-state index in [-0.39, 0.29) is 25.6 Å². The van der Waals surface area contributed by atoms with Gasteiger partial charge in [0.15, 0.2) is 0 Å². The fourth-order valence-electron chi connectivity index (χ4n) is 5.15. The number of aryl methyl sites for hydroxylation is 1. The van der Waals surface area contributed by atoms with E-state index in [1.54, 1.807) is 51.5 Å². The molecular formula is C37H44N6O6. The quantitative estimate of drug-likeness (QED) is 0.135. The number of hydrogen-bond donors (Lipinski definition) is 4. The smallest absolute Gasteiger partial charge is 0.408 e. The zero-order valence-electron chi connectivity index (χ0n) is 28.0. The fraction of sp³-hybridized carbons (Fsp3) is 0.351. The summed E-state index contributed by atoms with van der Waals surface area (Å²) in [6, 6.07) is 20.4. The molecule has 4 atom stereocenters. The van der Waals surface area contributed by atoms with Crippen molar-refractivity contribution in [2.24, 2.45) is 5.92 Å². The number of rotatable bonds is 16. The number of amides is 3. The normalized spacial score (nSPS) is 13.4. The van der Waals surface area contributed by atoms with Gasteiger partial charge in [0.05, 0.1) is 29.7 Å². The zero-order valence-corrected chi connectivity index (χ0v) is 28.0. The van der Waals surface area contributed by atoms with Crippen molar-refractivity contribution in [1.29, 1.82) is 0 Å². The van der Waals surface area contributed by atoms with E-state index in [2.05, 4.69) is 30.9 Å². The van der Waals surface area contributed by atoms with Crippen molar-refractivity contribution in [2.75, 3.05) is 0 Å². The molecule has 0 spiro atoms. The molecule has 1 unspecified atom stereocenters. The van der Waals surface area contributed by atoms with Crippen LogP contribution in [0.5, 0.6) is 0 Å². The van der Waals surface area contributed by atoms with Gasteiger partial charge in [-0.15, -0.1) is 0 Å². The van der Waals surface area contributed by atoms with E-state index in [1.807, 2.05) is 60.7 Å². The molecule has 12 nitrogen and oxygen atoms in total.